The average molecular weight is 410 g/mol. The van der Waals surface area contributed by atoms with Crippen LogP contribution >= 0.6 is 22.7 Å². The SMILES string of the molecule is Cc1nn(CCc2nc(-c3cccs3)cs2)c2[nH]c(=O)cc(C(F)(F)F)c12. The molecule has 10 heteroatoms. The third-order valence-corrected chi connectivity index (χ3v) is 5.88. The van der Waals surface area contributed by atoms with Crippen LogP contribution in [0.1, 0.15) is 16.3 Å². The summed E-state index contributed by atoms with van der Waals surface area (Å²) in [6.45, 7) is 1.82. The summed E-state index contributed by atoms with van der Waals surface area (Å²) >= 11 is 3.09. The lowest BCUT2D eigenvalue weighted by atomic mass is 10.1. The van der Waals surface area contributed by atoms with Gasteiger partial charge in [-0.3, -0.25) is 4.79 Å². The number of nitrogens with zero attached hydrogens (tertiary/aromatic N) is 3. The molecule has 0 unspecified atom stereocenters. The van der Waals surface area contributed by atoms with Gasteiger partial charge in [-0.2, -0.15) is 18.3 Å². The summed E-state index contributed by atoms with van der Waals surface area (Å²) in [6.07, 6.45) is -4.11. The monoisotopic (exact) mass is 410 g/mol. The number of halogens is 3. The minimum Gasteiger partial charge on any atom is -0.307 e. The van der Waals surface area contributed by atoms with Crippen LogP contribution in [0.4, 0.5) is 13.2 Å². The number of thiophene rings is 1. The Morgan fingerprint density at radius 2 is 2.11 bits per heavy atom. The Morgan fingerprint density at radius 1 is 1.30 bits per heavy atom. The molecule has 0 spiro atoms. The van der Waals surface area contributed by atoms with E-state index in [2.05, 4.69) is 15.1 Å². The van der Waals surface area contributed by atoms with Gasteiger partial charge in [-0.1, -0.05) is 6.07 Å². The second kappa shape index (κ2) is 6.61. The van der Waals surface area contributed by atoms with Crippen LogP contribution in [0, 0.1) is 6.92 Å². The maximum absolute atomic E-state index is 13.3. The van der Waals surface area contributed by atoms with Crippen LogP contribution < -0.4 is 5.56 Å². The van der Waals surface area contributed by atoms with E-state index >= 15 is 0 Å². The number of nitrogens with one attached hydrogen (secondary N) is 1. The van der Waals surface area contributed by atoms with Crippen molar-refractivity contribution < 1.29 is 13.2 Å². The molecule has 4 aromatic heterocycles. The second-order valence-corrected chi connectivity index (χ2v) is 7.82. The highest BCUT2D eigenvalue weighted by atomic mass is 32.1. The number of aromatic nitrogens is 4. The molecule has 0 fully saturated rings. The molecule has 0 aliphatic carbocycles. The summed E-state index contributed by atoms with van der Waals surface area (Å²) in [5.74, 6) is 0. The van der Waals surface area contributed by atoms with E-state index in [-0.39, 0.29) is 16.7 Å². The summed E-state index contributed by atoms with van der Waals surface area (Å²) in [7, 11) is 0. The van der Waals surface area contributed by atoms with E-state index in [0.29, 0.717) is 19.0 Å². The molecule has 0 amide bonds. The molecule has 0 atom stereocenters. The third-order valence-electron chi connectivity index (χ3n) is 4.08. The number of thiazole rings is 1. The van der Waals surface area contributed by atoms with Crippen molar-refractivity contribution in [2.45, 2.75) is 26.1 Å². The van der Waals surface area contributed by atoms with Crippen molar-refractivity contribution in [2.24, 2.45) is 0 Å². The third kappa shape index (κ3) is 3.42. The van der Waals surface area contributed by atoms with Gasteiger partial charge in [0.05, 0.1) is 32.2 Å². The fourth-order valence-electron chi connectivity index (χ4n) is 2.94. The Kier molecular flexibility index (Phi) is 4.39. The van der Waals surface area contributed by atoms with Crippen molar-refractivity contribution in [1.29, 1.82) is 0 Å². The molecule has 1 N–H and O–H groups in total. The van der Waals surface area contributed by atoms with Crippen molar-refractivity contribution in [3.63, 3.8) is 0 Å². The van der Waals surface area contributed by atoms with Crippen molar-refractivity contribution in [3.05, 3.63) is 55.6 Å². The zero-order valence-electron chi connectivity index (χ0n) is 14.0. The smallest absolute Gasteiger partial charge is 0.307 e. The lowest BCUT2D eigenvalue weighted by molar-refractivity contribution is -0.136. The fourth-order valence-corrected chi connectivity index (χ4v) is 4.49. The molecular weight excluding hydrogens is 397 g/mol. The lowest BCUT2D eigenvalue weighted by Crippen LogP contribution is -2.15. The maximum Gasteiger partial charge on any atom is 0.417 e. The first-order chi connectivity index (χ1) is 12.8. The predicted molar refractivity (Wildman–Crippen MR) is 99.2 cm³/mol. The van der Waals surface area contributed by atoms with E-state index in [9.17, 15) is 18.0 Å². The molecule has 140 valence electrons. The van der Waals surface area contributed by atoms with Crippen LogP contribution in [0.3, 0.4) is 0 Å². The first kappa shape index (κ1) is 17.9. The van der Waals surface area contributed by atoms with E-state index in [1.165, 1.54) is 22.9 Å². The number of pyridine rings is 1. The van der Waals surface area contributed by atoms with Gasteiger partial charge in [0.1, 0.15) is 5.65 Å². The van der Waals surface area contributed by atoms with Crippen molar-refractivity contribution in [2.75, 3.05) is 0 Å². The number of hydrogen-bond acceptors (Lipinski definition) is 5. The molecule has 0 saturated heterocycles. The maximum atomic E-state index is 13.3. The molecule has 0 saturated carbocycles. The van der Waals surface area contributed by atoms with Crippen LogP contribution in [0.2, 0.25) is 0 Å². The highest BCUT2D eigenvalue weighted by Crippen LogP contribution is 2.34. The van der Waals surface area contributed by atoms with Gasteiger partial charge in [-0.25, -0.2) is 9.67 Å². The van der Waals surface area contributed by atoms with E-state index in [1.807, 2.05) is 22.9 Å². The Morgan fingerprint density at radius 3 is 2.81 bits per heavy atom. The van der Waals surface area contributed by atoms with Gasteiger partial charge in [-0.05, 0) is 18.4 Å². The number of rotatable bonds is 4. The number of H-pyrrole nitrogens is 1. The van der Waals surface area contributed by atoms with Gasteiger partial charge in [0.2, 0.25) is 5.56 Å². The van der Waals surface area contributed by atoms with Gasteiger partial charge in [0, 0.05) is 24.4 Å². The van der Waals surface area contributed by atoms with E-state index < -0.39 is 17.3 Å². The van der Waals surface area contributed by atoms with Gasteiger partial charge in [0.15, 0.2) is 0 Å². The summed E-state index contributed by atoms with van der Waals surface area (Å²) in [4.78, 5) is 19.8. The van der Waals surface area contributed by atoms with Gasteiger partial charge < -0.3 is 4.98 Å². The summed E-state index contributed by atoms with van der Waals surface area (Å²) in [5.41, 5.74) is -0.557. The number of aromatic amines is 1. The van der Waals surface area contributed by atoms with Crippen LogP contribution in [-0.2, 0) is 19.1 Å². The van der Waals surface area contributed by atoms with Gasteiger partial charge in [-0.15, -0.1) is 22.7 Å². The standard InChI is InChI=1S/C17H13F3N4OS2/c1-9-15-10(17(18,19)20)7-13(25)22-16(15)24(23-9)5-4-14-21-11(8-27-14)12-3-2-6-26-12/h2-3,6-8H,4-5H2,1H3,(H,22,25). The first-order valence-electron chi connectivity index (χ1n) is 7.99. The van der Waals surface area contributed by atoms with E-state index in [0.717, 1.165) is 15.6 Å². The molecule has 27 heavy (non-hydrogen) atoms. The predicted octanol–water partition coefficient (Wildman–Crippen LogP) is 4.48. The summed E-state index contributed by atoms with van der Waals surface area (Å²) in [5, 5.41) is 8.92. The van der Waals surface area contributed by atoms with E-state index in [4.69, 9.17) is 0 Å². The highest BCUT2D eigenvalue weighted by molar-refractivity contribution is 7.14. The minimum atomic E-state index is -4.62. The highest BCUT2D eigenvalue weighted by Gasteiger charge is 2.35. The summed E-state index contributed by atoms with van der Waals surface area (Å²) in [6, 6.07) is 4.51. The molecule has 4 heterocycles. The van der Waals surface area contributed by atoms with Crippen LogP contribution in [0.15, 0.2) is 33.8 Å². The van der Waals surface area contributed by atoms with Crippen LogP contribution in [0.25, 0.3) is 21.6 Å². The summed E-state index contributed by atoms with van der Waals surface area (Å²) < 4.78 is 41.2. The van der Waals surface area contributed by atoms with E-state index in [1.54, 1.807) is 11.3 Å². The van der Waals surface area contributed by atoms with Gasteiger partial charge >= 0.3 is 6.18 Å². The largest absolute Gasteiger partial charge is 0.417 e. The molecule has 0 aliphatic heterocycles. The first-order valence-corrected chi connectivity index (χ1v) is 9.75. The topological polar surface area (TPSA) is 63.6 Å². The van der Waals surface area contributed by atoms with Crippen LogP contribution in [0.5, 0.6) is 0 Å². The van der Waals surface area contributed by atoms with Crippen molar-refractivity contribution in [3.8, 4) is 10.6 Å². The molecule has 5 nitrogen and oxygen atoms in total. The quantitative estimate of drug-likeness (QED) is 0.540. The average Bonchev–Trinajstić information content (AvgIpc) is 3.31. The van der Waals surface area contributed by atoms with Crippen LogP contribution in [-0.4, -0.2) is 19.7 Å². The number of hydrogen-bond donors (Lipinski definition) is 1. The number of alkyl halides is 3. The molecule has 0 aliphatic rings. The normalized spacial score (nSPS) is 12.1. The fraction of sp³-hybridized carbons (Fsp3) is 0.235. The molecule has 0 radical (unpaired) electrons. The zero-order valence-corrected chi connectivity index (χ0v) is 15.6. The Bertz CT molecular complexity index is 1160. The minimum absolute atomic E-state index is 0.0690. The van der Waals surface area contributed by atoms with Gasteiger partial charge in [0.25, 0.3) is 0 Å². The van der Waals surface area contributed by atoms with Crippen molar-refractivity contribution in [1.82, 2.24) is 19.7 Å². The van der Waals surface area contributed by atoms with Crippen molar-refractivity contribution >= 4 is 33.7 Å². The zero-order chi connectivity index (χ0) is 19.2. The molecule has 4 aromatic rings. The molecule has 0 bridgehead atoms. The Hall–Kier alpha value is -2.46. The molecule has 0 aromatic carbocycles. The Labute approximate surface area is 159 Å². The second-order valence-electron chi connectivity index (χ2n) is 5.93. The Balaban J connectivity index is 1.65. The molecule has 4 rings (SSSR count). The number of aryl methyl sites for hydroxylation is 3. The molecular formula is C17H13F3N4OS2. The lowest BCUT2D eigenvalue weighted by Gasteiger charge is -2.08. The number of fused-ring (bicyclic) bond motifs is 1.